The molecule has 1 amide bonds. The smallest absolute Gasteiger partial charge is 0.257 e. The van der Waals surface area contributed by atoms with Crippen molar-refractivity contribution in [2.75, 3.05) is 17.2 Å². The van der Waals surface area contributed by atoms with Crippen LogP contribution in [0.15, 0.2) is 73.1 Å². The lowest BCUT2D eigenvalue weighted by Crippen LogP contribution is -2.13. The van der Waals surface area contributed by atoms with Crippen LogP contribution in [-0.4, -0.2) is 17.5 Å². The van der Waals surface area contributed by atoms with Gasteiger partial charge in [-0.15, -0.1) is 0 Å². The minimum atomic E-state index is -0.229. The average molecular weight is 347 g/mol. The fourth-order valence-electron chi connectivity index (χ4n) is 2.51. The molecule has 2 aromatic carbocycles. The summed E-state index contributed by atoms with van der Waals surface area (Å²) in [5, 5.41) is 6.17. The third-order valence-electron chi connectivity index (χ3n) is 3.77. The fraction of sp³-hybridized carbons (Fsp3) is 0.143. The van der Waals surface area contributed by atoms with E-state index in [2.05, 4.69) is 15.6 Å². The second kappa shape index (κ2) is 8.67. The van der Waals surface area contributed by atoms with Crippen LogP contribution in [0.25, 0.3) is 0 Å². The van der Waals surface area contributed by atoms with Gasteiger partial charge in [0.15, 0.2) is 0 Å². The molecule has 0 radical (unpaired) electrons. The van der Waals surface area contributed by atoms with E-state index in [0.717, 1.165) is 11.3 Å². The molecule has 0 unspecified atom stereocenters. The van der Waals surface area contributed by atoms with Gasteiger partial charge in [-0.05, 0) is 30.7 Å². The Morgan fingerprint density at radius 2 is 1.81 bits per heavy atom. The Labute approximate surface area is 153 Å². The van der Waals surface area contributed by atoms with Crippen LogP contribution >= 0.6 is 0 Å². The molecule has 1 aromatic heterocycles. The van der Waals surface area contributed by atoms with Gasteiger partial charge in [-0.2, -0.15) is 0 Å². The standard InChI is InChI=1S/C21H21N3O2/c1-2-26-20-11-7-6-10-19(20)24-21(25)17-12-18(15-22-14-17)23-13-16-8-4-3-5-9-16/h3-12,14-15,23H,2,13H2,1H3,(H,24,25). The zero-order valence-electron chi connectivity index (χ0n) is 14.6. The summed E-state index contributed by atoms with van der Waals surface area (Å²) >= 11 is 0. The van der Waals surface area contributed by atoms with E-state index < -0.39 is 0 Å². The van der Waals surface area contributed by atoms with Gasteiger partial charge in [-0.3, -0.25) is 9.78 Å². The molecule has 5 nitrogen and oxygen atoms in total. The monoisotopic (exact) mass is 347 g/mol. The maximum atomic E-state index is 12.6. The van der Waals surface area contributed by atoms with Crippen molar-refractivity contribution in [3.05, 3.63) is 84.2 Å². The molecule has 5 heteroatoms. The number of benzene rings is 2. The summed E-state index contributed by atoms with van der Waals surface area (Å²) in [6.45, 7) is 3.11. The second-order valence-corrected chi connectivity index (χ2v) is 5.68. The molecule has 0 aliphatic carbocycles. The van der Waals surface area contributed by atoms with Gasteiger partial charge < -0.3 is 15.4 Å². The molecule has 0 bridgehead atoms. The molecule has 1 heterocycles. The van der Waals surface area contributed by atoms with Crippen LogP contribution in [0.4, 0.5) is 11.4 Å². The fourth-order valence-corrected chi connectivity index (χ4v) is 2.51. The molecule has 26 heavy (non-hydrogen) atoms. The van der Waals surface area contributed by atoms with Crippen molar-refractivity contribution in [2.24, 2.45) is 0 Å². The molecule has 3 rings (SSSR count). The highest BCUT2D eigenvalue weighted by Crippen LogP contribution is 2.24. The minimum absolute atomic E-state index is 0.229. The van der Waals surface area contributed by atoms with Crippen LogP contribution in [-0.2, 0) is 6.54 Å². The summed E-state index contributed by atoms with van der Waals surface area (Å²) < 4.78 is 5.54. The van der Waals surface area contributed by atoms with Crippen molar-refractivity contribution in [3.8, 4) is 5.75 Å². The molecular weight excluding hydrogens is 326 g/mol. The van der Waals surface area contributed by atoms with Crippen LogP contribution < -0.4 is 15.4 Å². The van der Waals surface area contributed by atoms with E-state index in [0.29, 0.717) is 30.2 Å². The van der Waals surface area contributed by atoms with E-state index in [-0.39, 0.29) is 5.91 Å². The number of pyridine rings is 1. The van der Waals surface area contributed by atoms with Gasteiger partial charge in [0.05, 0.1) is 23.5 Å². The normalized spacial score (nSPS) is 10.2. The number of carbonyl (C=O) groups excluding carboxylic acids is 1. The molecule has 0 fully saturated rings. The van der Waals surface area contributed by atoms with Gasteiger partial charge in [0, 0.05) is 18.9 Å². The highest BCUT2D eigenvalue weighted by molar-refractivity contribution is 6.05. The predicted molar refractivity (Wildman–Crippen MR) is 104 cm³/mol. The third kappa shape index (κ3) is 4.60. The molecule has 3 aromatic rings. The number of para-hydroxylation sites is 2. The summed E-state index contributed by atoms with van der Waals surface area (Å²) in [4.78, 5) is 16.7. The minimum Gasteiger partial charge on any atom is -0.492 e. The predicted octanol–water partition coefficient (Wildman–Crippen LogP) is 4.34. The van der Waals surface area contributed by atoms with Crippen LogP contribution in [0.1, 0.15) is 22.8 Å². The second-order valence-electron chi connectivity index (χ2n) is 5.68. The van der Waals surface area contributed by atoms with Gasteiger partial charge in [-0.1, -0.05) is 42.5 Å². The number of hydrogen-bond donors (Lipinski definition) is 2. The Hall–Kier alpha value is -3.34. The van der Waals surface area contributed by atoms with Crippen LogP contribution in [0, 0.1) is 0 Å². The van der Waals surface area contributed by atoms with Crippen molar-refractivity contribution in [2.45, 2.75) is 13.5 Å². The largest absolute Gasteiger partial charge is 0.492 e. The van der Waals surface area contributed by atoms with Crippen molar-refractivity contribution in [1.82, 2.24) is 4.98 Å². The topological polar surface area (TPSA) is 63.2 Å². The van der Waals surface area contributed by atoms with Crippen molar-refractivity contribution in [3.63, 3.8) is 0 Å². The van der Waals surface area contributed by atoms with Crippen LogP contribution in [0.2, 0.25) is 0 Å². The van der Waals surface area contributed by atoms with Gasteiger partial charge in [0.2, 0.25) is 0 Å². The van der Waals surface area contributed by atoms with E-state index in [4.69, 9.17) is 4.74 Å². The number of nitrogens with zero attached hydrogens (tertiary/aromatic N) is 1. The SMILES string of the molecule is CCOc1ccccc1NC(=O)c1cncc(NCc2ccccc2)c1. The number of hydrogen-bond acceptors (Lipinski definition) is 4. The molecule has 0 saturated heterocycles. The number of anilines is 2. The zero-order chi connectivity index (χ0) is 18.2. The first-order valence-electron chi connectivity index (χ1n) is 8.52. The summed E-state index contributed by atoms with van der Waals surface area (Å²) in [6, 6.07) is 19.2. The average Bonchev–Trinajstić information content (AvgIpc) is 2.69. The van der Waals surface area contributed by atoms with Crippen molar-refractivity contribution >= 4 is 17.3 Å². The Morgan fingerprint density at radius 3 is 2.62 bits per heavy atom. The number of carbonyl (C=O) groups is 1. The lowest BCUT2D eigenvalue weighted by atomic mass is 10.2. The zero-order valence-corrected chi connectivity index (χ0v) is 14.6. The molecule has 2 N–H and O–H groups in total. The van der Waals surface area contributed by atoms with Crippen LogP contribution in [0.3, 0.4) is 0 Å². The van der Waals surface area contributed by atoms with E-state index in [9.17, 15) is 4.79 Å². The summed E-state index contributed by atoms with van der Waals surface area (Å²) in [5.41, 5.74) is 3.07. The molecular formula is C21H21N3O2. The van der Waals surface area contributed by atoms with Gasteiger partial charge in [0.1, 0.15) is 5.75 Å². The number of aromatic nitrogens is 1. The number of amides is 1. The lowest BCUT2D eigenvalue weighted by molar-refractivity contribution is 0.102. The maximum Gasteiger partial charge on any atom is 0.257 e. The Kier molecular flexibility index (Phi) is 5.83. The van der Waals surface area contributed by atoms with Gasteiger partial charge in [-0.25, -0.2) is 0 Å². The summed E-state index contributed by atoms with van der Waals surface area (Å²) in [7, 11) is 0. The molecule has 0 atom stereocenters. The molecule has 0 aliphatic heterocycles. The molecule has 132 valence electrons. The Bertz CT molecular complexity index is 866. The summed E-state index contributed by atoms with van der Waals surface area (Å²) in [6.07, 6.45) is 3.25. The Morgan fingerprint density at radius 1 is 1.04 bits per heavy atom. The quantitative estimate of drug-likeness (QED) is 0.667. The number of ether oxygens (including phenoxy) is 1. The van der Waals surface area contributed by atoms with Crippen molar-refractivity contribution in [1.29, 1.82) is 0 Å². The van der Waals surface area contributed by atoms with E-state index in [1.165, 1.54) is 0 Å². The summed E-state index contributed by atoms with van der Waals surface area (Å²) in [5.74, 6) is 0.419. The first-order chi connectivity index (χ1) is 12.8. The van der Waals surface area contributed by atoms with E-state index >= 15 is 0 Å². The number of rotatable bonds is 7. The first-order valence-corrected chi connectivity index (χ1v) is 8.52. The number of nitrogens with one attached hydrogen (secondary N) is 2. The Balaban J connectivity index is 1.68. The van der Waals surface area contributed by atoms with E-state index in [1.807, 2.05) is 61.5 Å². The van der Waals surface area contributed by atoms with Crippen LogP contribution in [0.5, 0.6) is 5.75 Å². The highest BCUT2D eigenvalue weighted by Gasteiger charge is 2.10. The van der Waals surface area contributed by atoms with Gasteiger partial charge in [0.25, 0.3) is 5.91 Å². The molecule has 0 aliphatic rings. The van der Waals surface area contributed by atoms with Gasteiger partial charge >= 0.3 is 0 Å². The highest BCUT2D eigenvalue weighted by atomic mass is 16.5. The lowest BCUT2D eigenvalue weighted by Gasteiger charge is -2.12. The van der Waals surface area contributed by atoms with Crippen molar-refractivity contribution < 1.29 is 9.53 Å². The molecule has 0 saturated carbocycles. The maximum absolute atomic E-state index is 12.6. The third-order valence-corrected chi connectivity index (χ3v) is 3.77. The molecule has 0 spiro atoms. The first kappa shape index (κ1) is 17.5. The van der Waals surface area contributed by atoms with E-state index in [1.54, 1.807) is 18.5 Å².